The molecule has 3 N–H and O–H groups in total. The van der Waals surface area contributed by atoms with Gasteiger partial charge in [-0.1, -0.05) is 78.6 Å². The molecule has 0 bridgehead atoms. The second kappa shape index (κ2) is 31.2. The summed E-state index contributed by atoms with van der Waals surface area (Å²) in [6.07, 6.45) is 13.7. The summed E-state index contributed by atoms with van der Waals surface area (Å²) in [6.45, 7) is 6.34. The van der Waals surface area contributed by atoms with Crippen LogP contribution in [0.4, 0.5) is 0 Å². The van der Waals surface area contributed by atoms with Crippen LogP contribution in [0.15, 0.2) is 0 Å². The van der Waals surface area contributed by atoms with E-state index in [1.54, 1.807) is 0 Å². The van der Waals surface area contributed by atoms with Gasteiger partial charge in [0.1, 0.15) is 0 Å². The normalized spacial score (nSPS) is 9.11. The molecule has 0 unspecified atom stereocenters. The Labute approximate surface area is 196 Å². The van der Waals surface area contributed by atoms with Gasteiger partial charge in [-0.15, -0.1) is 0 Å². The topological polar surface area (TPSA) is 112 Å². The smallest absolute Gasteiger partial charge is 0.303 e. The monoisotopic (exact) mass is 479 g/mol. The van der Waals surface area contributed by atoms with E-state index in [0.717, 1.165) is 57.8 Å². The van der Waals surface area contributed by atoms with Crippen LogP contribution in [0.25, 0.3) is 0 Å². The summed E-state index contributed by atoms with van der Waals surface area (Å²) in [5.74, 6) is -2.02. The Balaban J connectivity index is -0.000000152. The summed E-state index contributed by atoms with van der Waals surface area (Å²) >= 11 is 0. The van der Waals surface area contributed by atoms with Gasteiger partial charge in [0.05, 0.1) is 0 Å². The number of carboxylic acid groups (broad SMARTS) is 3. The Hall–Kier alpha value is -0.486. The first-order valence-electron chi connectivity index (χ1n) is 10.5. The molecule has 7 heteroatoms. The minimum Gasteiger partial charge on any atom is -0.481 e. The van der Waals surface area contributed by atoms with E-state index in [2.05, 4.69) is 20.8 Å². The molecule has 28 heavy (non-hydrogen) atoms. The largest absolute Gasteiger partial charge is 0.481 e. The molecule has 0 aromatic heterocycles. The first-order valence-corrected chi connectivity index (χ1v) is 10.5. The van der Waals surface area contributed by atoms with Gasteiger partial charge in [-0.25, -0.2) is 0 Å². The number of hydrogen-bond acceptors (Lipinski definition) is 3. The molecule has 0 saturated carbocycles. The van der Waals surface area contributed by atoms with Crippen LogP contribution >= 0.6 is 0 Å². The second-order valence-corrected chi connectivity index (χ2v) is 6.61. The van der Waals surface area contributed by atoms with E-state index in [-0.39, 0.29) is 32.7 Å². The summed E-state index contributed by atoms with van der Waals surface area (Å²) in [6, 6.07) is 0. The molecule has 0 heterocycles. The average Bonchev–Trinajstić information content (AvgIpc) is 2.60. The first-order chi connectivity index (χ1) is 12.8. The van der Waals surface area contributed by atoms with Crippen molar-refractivity contribution < 1.29 is 62.4 Å². The maximum atomic E-state index is 9.96. The van der Waals surface area contributed by atoms with E-state index in [1.807, 2.05) is 0 Å². The van der Waals surface area contributed by atoms with E-state index < -0.39 is 17.9 Å². The van der Waals surface area contributed by atoms with E-state index in [4.69, 9.17) is 15.3 Å². The van der Waals surface area contributed by atoms with E-state index in [9.17, 15) is 14.4 Å². The number of carbonyl (C=O) groups is 3. The molecule has 0 aliphatic heterocycles. The zero-order chi connectivity index (χ0) is 21.3. The molecular formula is C21H42O6Y. The molecule has 0 saturated heterocycles. The molecule has 0 aliphatic carbocycles. The van der Waals surface area contributed by atoms with Crippen LogP contribution in [0.3, 0.4) is 0 Å². The molecule has 165 valence electrons. The number of hydrogen-bond donors (Lipinski definition) is 3. The van der Waals surface area contributed by atoms with Gasteiger partial charge in [-0.05, 0) is 19.3 Å². The van der Waals surface area contributed by atoms with Crippen molar-refractivity contribution >= 4 is 17.9 Å². The summed E-state index contributed by atoms with van der Waals surface area (Å²) in [4.78, 5) is 29.9. The molecule has 0 spiro atoms. The number of rotatable bonds is 15. The Morgan fingerprint density at radius 1 is 0.464 bits per heavy atom. The van der Waals surface area contributed by atoms with Crippen LogP contribution < -0.4 is 0 Å². The fourth-order valence-corrected chi connectivity index (χ4v) is 2.11. The summed E-state index contributed by atoms with van der Waals surface area (Å²) in [5, 5.41) is 24.6. The fourth-order valence-electron chi connectivity index (χ4n) is 2.11. The van der Waals surface area contributed by atoms with Crippen molar-refractivity contribution in [1.82, 2.24) is 0 Å². The van der Waals surface area contributed by atoms with Crippen molar-refractivity contribution in [2.75, 3.05) is 0 Å². The van der Waals surface area contributed by atoms with Gasteiger partial charge in [0.15, 0.2) is 0 Å². The number of aliphatic carboxylic acids is 3. The molecule has 0 aromatic rings. The minimum absolute atomic E-state index is 0. The van der Waals surface area contributed by atoms with Gasteiger partial charge in [-0.2, -0.15) is 0 Å². The quantitative estimate of drug-likeness (QED) is 0.244. The van der Waals surface area contributed by atoms with Gasteiger partial charge >= 0.3 is 17.9 Å². The van der Waals surface area contributed by atoms with Crippen molar-refractivity contribution in [2.45, 2.75) is 117 Å². The Morgan fingerprint density at radius 2 is 0.679 bits per heavy atom. The van der Waals surface area contributed by atoms with Crippen molar-refractivity contribution in [3.8, 4) is 0 Å². The van der Waals surface area contributed by atoms with E-state index in [1.165, 1.54) is 19.3 Å². The van der Waals surface area contributed by atoms with Gasteiger partial charge < -0.3 is 15.3 Å². The SMILES string of the molecule is CCCCCCC(=O)O.CCCCCCC(=O)O.CCCCCCC(=O)O.[Y]. The van der Waals surface area contributed by atoms with Crippen LogP contribution in [-0.2, 0) is 47.1 Å². The van der Waals surface area contributed by atoms with Crippen molar-refractivity contribution in [2.24, 2.45) is 0 Å². The third kappa shape index (κ3) is 50.0. The van der Waals surface area contributed by atoms with Crippen molar-refractivity contribution in [1.29, 1.82) is 0 Å². The van der Waals surface area contributed by atoms with Crippen LogP contribution in [-0.4, -0.2) is 33.2 Å². The van der Waals surface area contributed by atoms with E-state index in [0.29, 0.717) is 19.3 Å². The zero-order valence-electron chi connectivity index (χ0n) is 18.3. The Bertz CT molecular complexity index is 295. The molecule has 0 amide bonds. The molecule has 0 aromatic carbocycles. The van der Waals surface area contributed by atoms with Gasteiger partial charge in [0, 0.05) is 52.0 Å². The van der Waals surface area contributed by atoms with Crippen molar-refractivity contribution in [3.05, 3.63) is 0 Å². The molecule has 0 aliphatic rings. The second-order valence-electron chi connectivity index (χ2n) is 6.61. The summed E-state index contributed by atoms with van der Waals surface area (Å²) < 4.78 is 0. The van der Waals surface area contributed by atoms with Crippen molar-refractivity contribution in [3.63, 3.8) is 0 Å². The third-order valence-corrected chi connectivity index (χ3v) is 3.73. The third-order valence-electron chi connectivity index (χ3n) is 3.73. The predicted molar refractivity (Wildman–Crippen MR) is 109 cm³/mol. The van der Waals surface area contributed by atoms with Crippen LogP contribution in [0.2, 0.25) is 0 Å². The number of unbranched alkanes of at least 4 members (excludes halogenated alkanes) is 9. The van der Waals surface area contributed by atoms with Gasteiger partial charge in [-0.3, -0.25) is 14.4 Å². The minimum atomic E-state index is -0.675. The van der Waals surface area contributed by atoms with Gasteiger partial charge in [0.25, 0.3) is 0 Å². The maximum Gasteiger partial charge on any atom is 0.303 e. The Morgan fingerprint density at radius 3 is 0.821 bits per heavy atom. The predicted octanol–water partition coefficient (Wildman–Crippen LogP) is 6.12. The average molecular weight is 479 g/mol. The molecule has 0 fully saturated rings. The molecule has 0 rings (SSSR count). The van der Waals surface area contributed by atoms with Gasteiger partial charge in [0.2, 0.25) is 0 Å². The maximum absolute atomic E-state index is 9.96. The number of carboxylic acids is 3. The standard InChI is InChI=1S/3C7H14O2.Y/c3*1-2-3-4-5-6-7(8)9;/h3*2-6H2,1H3,(H,8,9);. The molecule has 1 radical (unpaired) electrons. The Kier molecular flexibility index (Phi) is 39.0. The summed E-state index contributed by atoms with van der Waals surface area (Å²) in [7, 11) is 0. The molecule has 6 nitrogen and oxygen atoms in total. The molecule has 0 atom stereocenters. The van der Waals surface area contributed by atoms with Crippen LogP contribution in [0, 0.1) is 0 Å². The zero-order valence-corrected chi connectivity index (χ0v) is 21.1. The van der Waals surface area contributed by atoms with E-state index >= 15 is 0 Å². The summed E-state index contributed by atoms with van der Waals surface area (Å²) in [5.41, 5.74) is 0. The van der Waals surface area contributed by atoms with Crippen LogP contribution in [0.5, 0.6) is 0 Å². The first kappa shape index (κ1) is 35.0. The molecular weight excluding hydrogens is 437 g/mol. The fraction of sp³-hybridized carbons (Fsp3) is 0.857. The van der Waals surface area contributed by atoms with Crippen LogP contribution in [0.1, 0.15) is 117 Å².